The zero-order chi connectivity index (χ0) is 11.2. The lowest BCUT2D eigenvalue weighted by Crippen LogP contribution is -2.22. The van der Waals surface area contributed by atoms with E-state index in [1.165, 1.54) is 0 Å². The molecule has 0 rings (SSSR count). The van der Waals surface area contributed by atoms with Crippen molar-refractivity contribution in [2.45, 2.75) is 39.7 Å². The van der Waals surface area contributed by atoms with Gasteiger partial charge in [-0.15, -0.1) is 0 Å². The number of carbonyl (C=O) groups is 1. The number of ether oxygens (including phenoxy) is 1. The van der Waals surface area contributed by atoms with E-state index in [9.17, 15) is 4.79 Å². The van der Waals surface area contributed by atoms with Crippen LogP contribution in [0.15, 0.2) is 0 Å². The Hall–Kier alpha value is -0.610. The maximum absolute atomic E-state index is 11.1. The van der Waals surface area contributed by atoms with Gasteiger partial charge < -0.3 is 14.9 Å². The molecule has 0 aliphatic rings. The third kappa shape index (κ3) is 8.01. The highest BCUT2D eigenvalue weighted by Gasteiger charge is 2.14. The normalized spacial score (nSPS) is 13.8. The van der Waals surface area contributed by atoms with Crippen LogP contribution in [0.3, 0.4) is 0 Å². The van der Waals surface area contributed by atoms with Gasteiger partial charge >= 0.3 is 5.97 Å². The van der Waals surface area contributed by atoms with Gasteiger partial charge in [0.2, 0.25) is 0 Å². The van der Waals surface area contributed by atoms with Gasteiger partial charge in [-0.1, -0.05) is 20.8 Å². The van der Waals surface area contributed by atoms with Crippen LogP contribution in [-0.4, -0.2) is 35.5 Å². The van der Waals surface area contributed by atoms with Crippen molar-refractivity contribution in [1.82, 2.24) is 0 Å². The average molecular weight is 204 g/mol. The number of hydrogen-bond acceptors (Lipinski definition) is 4. The van der Waals surface area contributed by atoms with E-state index in [1.807, 2.05) is 20.8 Å². The van der Waals surface area contributed by atoms with E-state index in [0.29, 0.717) is 6.42 Å². The zero-order valence-electron chi connectivity index (χ0n) is 9.12. The summed E-state index contributed by atoms with van der Waals surface area (Å²) in [6.45, 7) is 5.63. The molecular weight excluding hydrogens is 184 g/mol. The number of carbonyl (C=O) groups excluding carboxylic acids is 1. The molecule has 1 unspecified atom stereocenters. The molecule has 0 bridgehead atoms. The largest absolute Gasteiger partial charge is 0.463 e. The minimum absolute atomic E-state index is 0.106. The van der Waals surface area contributed by atoms with Crippen LogP contribution in [0.4, 0.5) is 0 Å². The van der Waals surface area contributed by atoms with Crippen molar-refractivity contribution in [1.29, 1.82) is 0 Å². The second kappa shape index (κ2) is 5.98. The first-order valence-corrected chi connectivity index (χ1v) is 4.79. The van der Waals surface area contributed by atoms with E-state index in [-0.39, 0.29) is 24.6 Å². The highest BCUT2D eigenvalue weighted by Crippen LogP contribution is 2.20. The quantitative estimate of drug-likeness (QED) is 0.647. The maximum Gasteiger partial charge on any atom is 0.305 e. The van der Waals surface area contributed by atoms with E-state index in [4.69, 9.17) is 14.9 Å². The van der Waals surface area contributed by atoms with Crippen molar-refractivity contribution in [2.75, 3.05) is 13.2 Å². The molecule has 84 valence electrons. The van der Waals surface area contributed by atoms with E-state index in [2.05, 4.69) is 0 Å². The van der Waals surface area contributed by atoms with E-state index >= 15 is 0 Å². The Labute approximate surface area is 84.9 Å². The molecule has 1 atom stereocenters. The van der Waals surface area contributed by atoms with Gasteiger partial charge in [0.25, 0.3) is 0 Å². The topological polar surface area (TPSA) is 66.8 Å². The fraction of sp³-hybridized carbons (Fsp3) is 0.900. The SMILES string of the molecule is CC(C)(C)CCC(=O)OCC(O)CO. The van der Waals surface area contributed by atoms with E-state index in [1.54, 1.807) is 0 Å². The molecule has 0 aromatic rings. The van der Waals surface area contributed by atoms with Crippen LogP contribution in [0.5, 0.6) is 0 Å². The number of esters is 1. The van der Waals surface area contributed by atoms with E-state index in [0.717, 1.165) is 6.42 Å². The van der Waals surface area contributed by atoms with Gasteiger partial charge in [-0.05, 0) is 11.8 Å². The molecule has 2 N–H and O–H groups in total. The lowest BCUT2D eigenvalue weighted by atomic mass is 9.91. The Bertz CT molecular complexity index is 171. The van der Waals surface area contributed by atoms with Gasteiger partial charge in [0.05, 0.1) is 6.61 Å². The molecule has 0 radical (unpaired) electrons. The molecule has 0 heterocycles. The standard InChI is InChI=1S/C10H20O4/c1-10(2,3)5-4-9(13)14-7-8(12)6-11/h8,11-12H,4-7H2,1-3H3. The summed E-state index contributed by atoms with van der Waals surface area (Å²) in [4.78, 5) is 11.1. The average Bonchev–Trinajstić information content (AvgIpc) is 2.09. The number of hydrogen-bond donors (Lipinski definition) is 2. The number of aliphatic hydroxyl groups is 2. The monoisotopic (exact) mass is 204 g/mol. The maximum atomic E-state index is 11.1. The van der Waals surface area contributed by atoms with Crippen LogP contribution in [0, 0.1) is 5.41 Å². The third-order valence-electron chi connectivity index (χ3n) is 1.73. The van der Waals surface area contributed by atoms with Crippen LogP contribution in [-0.2, 0) is 9.53 Å². The molecule has 0 aliphatic heterocycles. The summed E-state index contributed by atoms with van der Waals surface area (Å²) in [6, 6.07) is 0. The van der Waals surface area contributed by atoms with Crippen LogP contribution >= 0.6 is 0 Å². The molecule has 4 nitrogen and oxygen atoms in total. The zero-order valence-corrected chi connectivity index (χ0v) is 9.12. The summed E-state index contributed by atoms with van der Waals surface area (Å²) in [5, 5.41) is 17.4. The summed E-state index contributed by atoms with van der Waals surface area (Å²) < 4.78 is 4.74. The van der Waals surface area contributed by atoms with Crippen molar-refractivity contribution in [3.8, 4) is 0 Å². The molecule has 0 fully saturated rings. The Morgan fingerprint density at radius 2 is 2.00 bits per heavy atom. The number of aliphatic hydroxyl groups excluding tert-OH is 2. The third-order valence-corrected chi connectivity index (χ3v) is 1.73. The first-order chi connectivity index (χ1) is 6.35. The van der Waals surface area contributed by atoms with Crippen LogP contribution in [0.25, 0.3) is 0 Å². The van der Waals surface area contributed by atoms with Gasteiger partial charge in [-0.3, -0.25) is 4.79 Å². The summed E-state index contributed by atoms with van der Waals surface area (Å²) in [6.07, 6.45) is 0.136. The second-order valence-electron chi connectivity index (χ2n) is 4.58. The fourth-order valence-corrected chi connectivity index (χ4v) is 0.791. The summed E-state index contributed by atoms with van der Waals surface area (Å²) in [7, 11) is 0. The van der Waals surface area contributed by atoms with Crippen molar-refractivity contribution in [2.24, 2.45) is 5.41 Å². The summed E-state index contributed by atoms with van der Waals surface area (Å²) >= 11 is 0. The van der Waals surface area contributed by atoms with Crippen LogP contribution in [0.1, 0.15) is 33.6 Å². The van der Waals surface area contributed by atoms with Crippen molar-refractivity contribution >= 4 is 5.97 Å². The highest BCUT2D eigenvalue weighted by atomic mass is 16.5. The first-order valence-electron chi connectivity index (χ1n) is 4.79. The predicted molar refractivity (Wildman–Crippen MR) is 52.7 cm³/mol. The Morgan fingerprint density at radius 1 is 1.43 bits per heavy atom. The van der Waals surface area contributed by atoms with Crippen molar-refractivity contribution in [3.05, 3.63) is 0 Å². The molecule has 0 aliphatic carbocycles. The Kier molecular flexibility index (Phi) is 5.72. The molecule has 0 amide bonds. The minimum atomic E-state index is -0.964. The van der Waals surface area contributed by atoms with Crippen molar-refractivity contribution in [3.63, 3.8) is 0 Å². The van der Waals surface area contributed by atoms with Gasteiger partial charge in [0, 0.05) is 6.42 Å². The highest BCUT2D eigenvalue weighted by molar-refractivity contribution is 5.69. The molecule has 0 saturated heterocycles. The van der Waals surface area contributed by atoms with Gasteiger partial charge in [-0.2, -0.15) is 0 Å². The molecule has 0 saturated carbocycles. The minimum Gasteiger partial charge on any atom is -0.463 e. The second-order valence-corrected chi connectivity index (χ2v) is 4.58. The van der Waals surface area contributed by atoms with E-state index < -0.39 is 6.10 Å². The molecular formula is C10H20O4. The van der Waals surface area contributed by atoms with Gasteiger partial charge in [-0.25, -0.2) is 0 Å². The lowest BCUT2D eigenvalue weighted by Gasteiger charge is -2.17. The summed E-state index contributed by atoms with van der Waals surface area (Å²) in [5.41, 5.74) is 0.106. The fourth-order valence-electron chi connectivity index (χ4n) is 0.791. The van der Waals surface area contributed by atoms with Gasteiger partial charge in [0.1, 0.15) is 12.7 Å². The molecule has 14 heavy (non-hydrogen) atoms. The molecule has 0 spiro atoms. The van der Waals surface area contributed by atoms with Gasteiger partial charge in [0.15, 0.2) is 0 Å². The Morgan fingerprint density at radius 3 is 2.43 bits per heavy atom. The summed E-state index contributed by atoms with van der Waals surface area (Å²) in [5.74, 6) is -0.326. The van der Waals surface area contributed by atoms with Crippen LogP contribution in [0.2, 0.25) is 0 Å². The lowest BCUT2D eigenvalue weighted by molar-refractivity contribution is -0.147. The smallest absolute Gasteiger partial charge is 0.305 e. The first kappa shape index (κ1) is 13.4. The van der Waals surface area contributed by atoms with Crippen molar-refractivity contribution < 1.29 is 19.7 Å². The predicted octanol–water partition coefficient (Wildman–Crippen LogP) is 0.709. The molecule has 0 aromatic heterocycles. The van der Waals surface area contributed by atoms with Crippen LogP contribution < -0.4 is 0 Å². The molecule has 0 aromatic carbocycles. The Balaban J connectivity index is 3.57. The number of rotatable bonds is 5. The molecule has 4 heteroatoms.